The Labute approximate surface area is 196 Å². The molecule has 15 heteroatoms. The average Bonchev–Trinajstić information content (AvgIpc) is 3.17. The number of nitrogens with one attached hydrogen (secondary N) is 1. The normalized spacial score (nSPS) is 20.3. The van der Waals surface area contributed by atoms with E-state index in [-0.39, 0.29) is 35.5 Å². The second-order valence-electron chi connectivity index (χ2n) is 7.94. The van der Waals surface area contributed by atoms with Crippen LogP contribution in [-0.2, 0) is 14.2 Å². The highest BCUT2D eigenvalue weighted by Gasteiger charge is 2.36. The Bertz CT molecular complexity index is 1250. The monoisotopic (exact) mass is 494 g/mol. The van der Waals surface area contributed by atoms with Crippen LogP contribution in [0.3, 0.4) is 0 Å². The Balaban J connectivity index is 1.57. The number of aliphatic hydroxyl groups excluding tert-OH is 1. The first-order valence-electron chi connectivity index (χ1n) is 10.4. The molecule has 0 amide bonds. The first kappa shape index (κ1) is 25.5. The number of ether oxygens (including phenoxy) is 3. The maximum Gasteiger partial charge on any atom is 0.508 e. The third-order valence-electron chi connectivity index (χ3n) is 5.43. The molecule has 2 N–H and O–H groups in total. The van der Waals surface area contributed by atoms with Gasteiger partial charge in [-0.1, -0.05) is 6.92 Å². The standard InChI is InChI=1S/C20H22N4O11/c1-10-7-22(19(27)21-18(10)26)17-6-15(25)16(35-17)9-34-20(28)33-8-11(2)13-5-12(23(29)30)3-4-14(13)24(31)32/h3-5,7,11,15-17,25H,6,8-9H2,1-2H3,(H,21,26,27)/t11?,15-,16+,17+/m0/s1. The molecule has 1 fully saturated rings. The number of nitro benzene ring substituents is 2. The lowest BCUT2D eigenvalue weighted by atomic mass is 9.99. The molecular weight excluding hydrogens is 472 g/mol. The van der Waals surface area contributed by atoms with E-state index in [0.717, 1.165) is 22.8 Å². The van der Waals surface area contributed by atoms with Crippen LogP contribution in [0.5, 0.6) is 0 Å². The Morgan fingerprint density at radius 1 is 1.29 bits per heavy atom. The van der Waals surface area contributed by atoms with Crippen molar-refractivity contribution in [3.05, 3.63) is 76.6 Å². The van der Waals surface area contributed by atoms with Crippen molar-refractivity contribution in [3.63, 3.8) is 0 Å². The number of hydrogen-bond donors (Lipinski definition) is 2. The molecule has 1 aromatic heterocycles. The number of non-ortho nitro benzene ring substituents is 1. The van der Waals surface area contributed by atoms with Crippen molar-refractivity contribution in [2.75, 3.05) is 13.2 Å². The predicted octanol–water partition coefficient (Wildman–Crippen LogP) is 1.27. The molecule has 1 aliphatic rings. The third-order valence-corrected chi connectivity index (χ3v) is 5.43. The maximum atomic E-state index is 12.0. The van der Waals surface area contributed by atoms with Crippen molar-refractivity contribution < 1.29 is 34.0 Å². The predicted molar refractivity (Wildman–Crippen MR) is 116 cm³/mol. The summed E-state index contributed by atoms with van der Waals surface area (Å²) in [5.74, 6) is -0.768. The number of hydrogen-bond acceptors (Lipinski definition) is 11. The molecule has 15 nitrogen and oxygen atoms in total. The molecule has 0 bridgehead atoms. The molecule has 2 heterocycles. The smallest absolute Gasteiger partial charge is 0.434 e. The average molecular weight is 494 g/mol. The molecule has 3 rings (SSSR count). The number of aromatic amines is 1. The van der Waals surface area contributed by atoms with Crippen LogP contribution in [0.25, 0.3) is 0 Å². The first-order chi connectivity index (χ1) is 16.5. The number of nitrogens with zero attached hydrogens (tertiary/aromatic N) is 3. The fraction of sp³-hybridized carbons (Fsp3) is 0.450. The molecule has 1 saturated heterocycles. The van der Waals surface area contributed by atoms with Crippen LogP contribution in [0.1, 0.15) is 36.6 Å². The Morgan fingerprint density at radius 3 is 2.66 bits per heavy atom. The van der Waals surface area contributed by atoms with Crippen molar-refractivity contribution in [3.8, 4) is 0 Å². The van der Waals surface area contributed by atoms with E-state index in [0.29, 0.717) is 0 Å². The van der Waals surface area contributed by atoms with E-state index in [2.05, 4.69) is 4.98 Å². The van der Waals surface area contributed by atoms with Crippen molar-refractivity contribution >= 4 is 17.5 Å². The van der Waals surface area contributed by atoms with Gasteiger partial charge in [-0.3, -0.25) is 34.6 Å². The zero-order valence-electron chi connectivity index (χ0n) is 18.6. The van der Waals surface area contributed by atoms with Crippen molar-refractivity contribution in [1.82, 2.24) is 9.55 Å². The minimum Gasteiger partial charge on any atom is -0.434 e. The van der Waals surface area contributed by atoms with Crippen LogP contribution in [0.15, 0.2) is 34.0 Å². The van der Waals surface area contributed by atoms with E-state index in [4.69, 9.17) is 14.2 Å². The van der Waals surface area contributed by atoms with Gasteiger partial charge in [0, 0.05) is 47.9 Å². The van der Waals surface area contributed by atoms with Crippen LogP contribution in [-0.4, -0.2) is 56.1 Å². The van der Waals surface area contributed by atoms with Gasteiger partial charge in [-0.2, -0.15) is 0 Å². The lowest BCUT2D eigenvalue weighted by Gasteiger charge is -2.17. The summed E-state index contributed by atoms with van der Waals surface area (Å²) in [5.41, 5.74) is -1.69. The number of carbonyl (C=O) groups is 1. The minimum absolute atomic E-state index is 0.00194. The van der Waals surface area contributed by atoms with E-state index in [1.54, 1.807) is 0 Å². The van der Waals surface area contributed by atoms with E-state index < -0.39 is 58.2 Å². The molecule has 1 unspecified atom stereocenters. The number of carbonyl (C=O) groups excluding carboxylic acids is 1. The van der Waals surface area contributed by atoms with Gasteiger partial charge < -0.3 is 19.3 Å². The highest BCUT2D eigenvalue weighted by molar-refractivity contribution is 5.60. The van der Waals surface area contributed by atoms with Gasteiger partial charge in [0.1, 0.15) is 25.5 Å². The van der Waals surface area contributed by atoms with Crippen LogP contribution < -0.4 is 11.2 Å². The van der Waals surface area contributed by atoms with Gasteiger partial charge >= 0.3 is 11.8 Å². The number of nitro groups is 2. The lowest BCUT2D eigenvalue weighted by Crippen LogP contribution is -2.33. The van der Waals surface area contributed by atoms with E-state index in [1.165, 1.54) is 20.0 Å². The van der Waals surface area contributed by atoms with Gasteiger partial charge in [0.05, 0.1) is 16.0 Å². The molecular formula is C20H22N4O11. The summed E-state index contributed by atoms with van der Waals surface area (Å²) >= 11 is 0. The summed E-state index contributed by atoms with van der Waals surface area (Å²) < 4.78 is 16.6. The highest BCUT2D eigenvalue weighted by atomic mass is 16.7. The minimum atomic E-state index is -1.15. The molecule has 0 spiro atoms. The maximum absolute atomic E-state index is 12.0. The van der Waals surface area contributed by atoms with Crippen LogP contribution in [0.4, 0.5) is 16.2 Å². The number of aliphatic hydroxyl groups is 1. The molecule has 0 radical (unpaired) electrons. The van der Waals surface area contributed by atoms with Crippen LogP contribution >= 0.6 is 0 Å². The molecule has 1 aromatic carbocycles. The summed E-state index contributed by atoms with van der Waals surface area (Å²) in [7, 11) is 0. The Hall–Kier alpha value is -4.11. The number of aromatic nitrogens is 2. The van der Waals surface area contributed by atoms with Crippen molar-refractivity contribution in [2.45, 2.75) is 44.6 Å². The molecule has 188 valence electrons. The number of rotatable bonds is 8. The first-order valence-corrected chi connectivity index (χ1v) is 10.4. The molecule has 0 aliphatic carbocycles. The number of H-pyrrole nitrogens is 1. The van der Waals surface area contributed by atoms with Crippen LogP contribution in [0.2, 0.25) is 0 Å². The Morgan fingerprint density at radius 2 is 2.00 bits per heavy atom. The fourth-order valence-corrected chi connectivity index (χ4v) is 3.53. The van der Waals surface area contributed by atoms with Gasteiger partial charge in [0.2, 0.25) is 0 Å². The topological polar surface area (TPSA) is 206 Å². The quantitative estimate of drug-likeness (QED) is 0.303. The zero-order valence-corrected chi connectivity index (χ0v) is 18.6. The summed E-state index contributed by atoms with van der Waals surface area (Å²) in [5, 5.41) is 32.4. The van der Waals surface area contributed by atoms with E-state index in [1.807, 2.05) is 0 Å². The van der Waals surface area contributed by atoms with Gasteiger partial charge in [-0.15, -0.1) is 0 Å². The highest BCUT2D eigenvalue weighted by Crippen LogP contribution is 2.31. The summed E-state index contributed by atoms with van der Waals surface area (Å²) in [6.45, 7) is 2.19. The van der Waals surface area contributed by atoms with E-state index >= 15 is 0 Å². The zero-order chi connectivity index (χ0) is 25.9. The third kappa shape index (κ3) is 5.88. The van der Waals surface area contributed by atoms with Crippen molar-refractivity contribution in [1.29, 1.82) is 0 Å². The van der Waals surface area contributed by atoms with Gasteiger partial charge in [0.15, 0.2) is 0 Å². The van der Waals surface area contributed by atoms with Gasteiger partial charge in [-0.25, -0.2) is 9.59 Å². The molecule has 2 aromatic rings. The van der Waals surface area contributed by atoms with Gasteiger partial charge in [0.25, 0.3) is 16.9 Å². The molecule has 4 atom stereocenters. The number of aryl methyl sites for hydroxylation is 1. The summed E-state index contributed by atoms with van der Waals surface area (Å²) in [4.78, 5) is 58.5. The summed E-state index contributed by atoms with van der Waals surface area (Å²) in [6.07, 6.45) is -2.82. The second kappa shape index (κ2) is 10.4. The largest absolute Gasteiger partial charge is 0.508 e. The van der Waals surface area contributed by atoms with Crippen molar-refractivity contribution in [2.24, 2.45) is 0 Å². The fourth-order valence-electron chi connectivity index (χ4n) is 3.53. The van der Waals surface area contributed by atoms with Gasteiger partial charge in [-0.05, 0) is 6.92 Å². The Kier molecular flexibility index (Phi) is 7.61. The SMILES string of the molecule is Cc1cn([C@H]2C[C@H](O)[C@@H](COC(=O)OCC(C)c3cc([N+](=O)[O-])ccc3[N+](=O)[O-])O2)c(=O)[nH]c1=O. The summed E-state index contributed by atoms with van der Waals surface area (Å²) in [6, 6.07) is 3.06. The number of benzene rings is 1. The molecule has 0 saturated carbocycles. The lowest BCUT2D eigenvalue weighted by molar-refractivity contribution is -0.389. The second-order valence-corrected chi connectivity index (χ2v) is 7.94. The molecule has 1 aliphatic heterocycles. The van der Waals surface area contributed by atoms with E-state index in [9.17, 15) is 39.7 Å². The van der Waals surface area contributed by atoms with Crippen LogP contribution in [0, 0.1) is 27.2 Å². The molecule has 35 heavy (non-hydrogen) atoms.